The number of thiocarbonyl (C=S) groups is 1. The molecule has 4 rings (SSSR count). The maximum atomic E-state index is 12.4. The minimum Gasteiger partial charge on any atom is -0.346 e. The van der Waals surface area contributed by atoms with Gasteiger partial charge in [-0.2, -0.15) is 0 Å². The Balaban J connectivity index is 1.30. The van der Waals surface area contributed by atoms with Crippen LogP contribution >= 0.6 is 12.2 Å². The topological polar surface area (TPSA) is 35.6 Å². The van der Waals surface area contributed by atoms with E-state index in [1.54, 1.807) is 0 Å². The molecule has 2 fully saturated rings. The van der Waals surface area contributed by atoms with Crippen molar-refractivity contribution in [2.45, 2.75) is 51.0 Å². The Hall–Kier alpha value is -2.24. The summed E-state index contributed by atoms with van der Waals surface area (Å²) >= 11 is 5.59. The molecule has 0 aromatic heterocycles. The van der Waals surface area contributed by atoms with Gasteiger partial charge >= 0.3 is 0 Å². The predicted octanol–water partition coefficient (Wildman–Crippen LogP) is 5.16. The van der Waals surface area contributed by atoms with Crippen molar-refractivity contribution >= 4 is 23.2 Å². The largest absolute Gasteiger partial charge is 0.346 e. The van der Waals surface area contributed by atoms with E-state index in [0.717, 1.165) is 38.5 Å². The second kappa shape index (κ2) is 11.6. The van der Waals surface area contributed by atoms with Crippen LogP contribution in [0.4, 0.5) is 0 Å². The molecule has 170 valence electrons. The van der Waals surface area contributed by atoms with Crippen molar-refractivity contribution in [2.24, 2.45) is 5.92 Å². The Kier molecular flexibility index (Phi) is 8.30. The van der Waals surface area contributed by atoms with Crippen LogP contribution in [0.1, 0.15) is 62.1 Å². The summed E-state index contributed by atoms with van der Waals surface area (Å²) in [4.78, 5) is 17.1. The molecule has 1 N–H and O–H groups in total. The van der Waals surface area contributed by atoms with Crippen molar-refractivity contribution in [1.29, 1.82) is 0 Å². The van der Waals surface area contributed by atoms with E-state index in [4.69, 9.17) is 12.2 Å². The molecule has 0 atom stereocenters. The average Bonchev–Trinajstić information content (AvgIpc) is 2.85. The summed E-state index contributed by atoms with van der Waals surface area (Å²) < 4.78 is 0. The zero-order valence-electron chi connectivity index (χ0n) is 18.9. The highest BCUT2D eigenvalue weighted by Crippen LogP contribution is 2.30. The van der Waals surface area contributed by atoms with Crippen molar-refractivity contribution in [2.75, 3.05) is 26.2 Å². The fourth-order valence-corrected chi connectivity index (χ4v) is 5.44. The molecule has 0 spiro atoms. The first-order valence-corrected chi connectivity index (χ1v) is 12.5. The molecule has 0 bridgehead atoms. The summed E-state index contributed by atoms with van der Waals surface area (Å²) in [5.41, 5.74) is 2.62. The van der Waals surface area contributed by atoms with Crippen LogP contribution in [0, 0.1) is 5.92 Å². The van der Waals surface area contributed by atoms with E-state index in [1.807, 2.05) is 0 Å². The smallest absolute Gasteiger partial charge is 0.226 e. The fraction of sp³-hybridized carbons (Fsp3) is 0.481. The number of rotatable bonds is 6. The number of benzene rings is 2. The Bertz CT molecular complexity index is 819. The third-order valence-electron chi connectivity index (χ3n) is 6.95. The van der Waals surface area contributed by atoms with Gasteiger partial charge in [-0.15, -0.1) is 0 Å². The highest BCUT2D eigenvalue weighted by molar-refractivity contribution is 7.80. The molecule has 2 aromatic carbocycles. The summed E-state index contributed by atoms with van der Waals surface area (Å²) in [5.74, 6) is 0.800. The summed E-state index contributed by atoms with van der Waals surface area (Å²) in [5, 5.41) is 3.59. The van der Waals surface area contributed by atoms with Crippen LogP contribution in [-0.2, 0) is 4.79 Å². The Morgan fingerprint density at radius 3 is 2.00 bits per heavy atom. The van der Waals surface area contributed by atoms with Gasteiger partial charge in [-0.1, -0.05) is 92.8 Å². The lowest BCUT2D eigenvalue weighted by atomic mass is 9.86. The highest BCUT2D eigenvalue weighted by atomic mass is 32.1. The Morgan fingerprint density at radius 2 is 1.44 bits per heavy atom. The van der Waals surface area contributed by atoms with Gasteiger partial charge in [0, 0.05) is 32.6 Å². The first-order chi connectivity index (χ1) is 15.7. The Morgan fingerprint density at radius 1 is 0.875 bits per heavy atom. The van der Waals surface area contributed by atoms with Gasteiger partial charge in [0.15, 0.2) is 5.11 Å². The molecule has 4 nitrogen and oxygen atoms in total. The van der Waals surface area contributed by atoms with Crippen molar-refractivity contribution in [3.63, 3.8) is 0 Å². The van der Waals surface area contributed by atoms with E-state index in [-0.39, 0.29) is 11.9 Å². The number of nitrogens with zero attached hydrogens (tertiary/aromatic N) is 2. The fourth-order valence-electron chi connectivity index (χ4n) is 5.14. The second-order valence-corrected chi connectivity index (χ2v) is 9.53. The monoisotopic (exact) mass is 449 g/mol. The minimum absolute atomic E-state index is 0.0782. The lowest BCUT2D eigenvalue weighted by Crippen LogP contribution is -2.53. The number of carbonyl (C=O) groups excluding carboxylic acids is 1. The summed E-state index contributed by atoms with van der Waals surface area (Å²) in [6.45, 7) is 3.48. The van der Waals surface area contributed by atoms with E-state index in [1.165, 1.54) is 43.2 Å². The molecule has 2 aliphatic rings. The third-order valence-corrected chi connectivity index (χ3v) is 7.31. The van der Waals surface area contributed by atoms with Crippen molar-refractivity contribution in [3.8, 4) is 0 Å². The van der Waals surface area contributed by atoms with Crippen LogP contribution in [0.2, 0.25) is 0 Å². The van der Waals surface area contributed by atoms with Gasteiger partial charge in [-0.3, -0.25) is 9.69 Å². The zero-order valence-corrected chi connectivity index (χ0v) is 19.7. The van der Waals surface area contributed by atoms with Crippen molar-refractivity contribution < 1.29 is 4.79 Å². The minimum atomic E-state index is 0.0782. The molecule has 5 heteroatoms. The lowest BCUT2D eigenvalue weighted by molar-refractivity contribution is -0.120. The van der Waals surface area contributed by atoms with Gasteiger partial charge in [0.25, 0.3) is 0 Å². The lowest BCUT2D eigenvalue weighted by Gasteiger charge is -2.40. The Labute approximate surface area is 198 Å². The first-order valence-electron chi connectivity index (χ1n) is 12.1. The number of hydrogen-bond donors (Lipinski definition) is 1. The van der Waals surface area contributed by atoms with E-state index in [0.29, 0.717) is 11.5 Å². The maximum Gasteiger partial charge on any atom is 0.226 e. The number of piperazine rings is 1. The third kappa shape index (κ3) is 6.17. The highest BCUT2D eigenvalue weighted by Gasteiger charge is 2.27. The summed E-state index contributed by atoms with van der Waals surface area (Å²) in [6.07, 6.45) is 8.15. The number of carbonyl (C=O) groups is 1. The summed E-state index contributed by atoms with van der Waals surface area (Å²) in [7, 11) is 0. The molecular formula is C27H35N3OS. The van der Waals surface area contributed by atoms with Crippen LogP contribution in [0.25, 0.3) is 0 Å². The van der Waals surface area contributed by atoms with Crippen LogP contribution in [0.5, 0.6) is 0 Å². The molecule has 1 amide bonds. The van der Waals surface area contributed by atoms with E-state index in [9.17, 15) is 4.79 Å². The quantitative estimate of drug-likeness (QED) is 0.618. The maximum absolute atomic E-state index is 12.4. The van der Waals surface area contributed by atoms with E-state index in [2.05, 4.69) is 75.8 Å². The number of nitrogens with one attached hydrogen (secondary N) is 1. The molecule has 1 saturated heterocycles. The molecule has 1 aliphatic heterocycles. The van der Waals surface area contributed by atoms with Crippen LogP contribution in [-0.4, -0.2) is 47.0 Å². The van der Waals surface area contributed by atoms with Gasteiger partial charge in [0.05, 0.1) is 6.04 Å². The van der Waals surface area contributed by atoms with Crippen molar-refractivity contribution in [3.05, 3.63) is 71.8 Å². The first kappa shape index (κ1) is 22.9. The zero-order chi connectivity index (χ0) is 22.2. The number of amides is 1. The van der Waals surface area contributed by atoms with Gasteiger partial charge in [0.1, 0.15) is 0 Å². The van der Waals surface area contributed by atoms with Crippen LogP contribution in [0.3, 0.4) is 0 Å². The molecule has 0 radical (unpaired) electrons. The van der Waals surface area contributed by atoms with Crippen LogP contribution < -0.4 is 5.32 Å². The van der Waals surface area contributed by atoms with Crippen LogP contribution in [0.15, 0.2) is 60.7 Å². The summed E-state index contributed by atoms with van der Waals surface area (Å²) in [6, 6.07) is 21.7. The average molecular weight is 450 g/mol. The standard InChI is InChI=1S/C27H35N3OS/c31-25(17-16-22-10-4-1-5-11-22)28-27(32)30-20-18-29(19-21-30)26(23-12-6-2-7-13-23)24-14-8-3-9-15-24/h2-3,6-9,12-15,22,26H,1,4-5,10-11,16-21H2,(H,28,31,32). The predicted molar refractivity (Wildman–Crippen MR) is 134 cm³/mol. The van der Waals surface area contributed by atoms with E-state index < -0.39 is 0 Å². The van der Waals surface area contributed by atoms with Gasteiger partial charge in [0.2, 0.25) is 5.91 Å². The molecule has 2 aromatic rings. The normalized spacial score (nSPS) is 18.0. The number of hydrogen-bond acceptors (Lipinski definition) is 3. The van der Waals surface area contributed by atoms with Gasteiger partial charge in [-0.25, -0.2) is 0 Å². The molecule has 1 aliphatic carbocycles. The molecule has 32 heavy (non-hydrogen) atoms. The van der Waals surface area contributed by atoms with Gasteiger partial charge in [-0.05, 0) is 35.7 Å². The van der Waals surface area contributed by atoms with Gasteiger partial charge < -0.3 is 10.2 Å². The van der Waals surface area contributed by atoms with E-state index >= 15 is 0 Å². The van der Waals surface area contributed by atoms with Crippen molar-refractivity contribution in [1.82, 2.24) is 15.1 Å². The SMILES string of the molecule is O=C(CCC1CCCCC1)NC(=S)N1CCN(C(c2ccccc2)c2ccccc2)CC1. The second-order valence-electron chi connectivity index (χ2n) is 9.14. The molecule has 0 unspecified atom stereocenters. The molecule has 1 heterocycles. The molecular weight excluding hydrogens is 414 g/mol. The molecule has 1 saturated carbocycles.